The molecule has 24 heavy (non-hydrogen) atoms. The van der Waals surface area contributed by atoms with E-state index in [0.717, 1.165) is 17.1 Å². The molecule has 1 aromatic heterocycles. The van der Waals surface area contributed by atoms with Crippen LogP contribution in [0.5, 0.6) is 5.75 Å². The van der Waals surface area contributed by atoms with Crippen LogP contribution in [0.25, 0.3) is 0 Å². The minimum Gasteiger partial charge on any atom is -0.489 e. The van der Waals surface area contributed by atoms with Crippen LogP contribution in [0.1, 0.15) is 24.4 Å². The first-order chi connectivity index (χ1) is 11.6. The summed E-state index contributed by atoms with van der Waals surface area (Å²) in [5, 5.41) is 14.8. The lowest BCUT2D eigenvalue weighted by Crippen LogP contribution is -2.12. The zero-order chi connectivity index (χ0) is 16.9. The smallest absolute Gasteiger partial charge is 0.173 e. The van der Waals surface area contributed by atoms with Gasteiger partial charge in [-0.05, 0) is 47.2 Å². The van der Waals surface area contributed by atoms with Gasteiger partial charge in [-0.1, -0.05) is 18.2 Å². The molecular formula is C17H18FN5O. The fourth-order valence-corrected chi connectivity index (χ4v) is 2.39. The number of aromatic nitrogens is 4. The molecule has 0 unspecified atom stereocenters. The second-order valence-electron chi connectivity index (χ2n) is 5.47. The molecule has 0 aliphatic heterocycles. The summed E-state index contributed by atoms with van der Waals surface area (Å²) in [5.74, 6) is 0.942. The Morgan fingerprint density at radius 2 is 2.04 bits per heavy atom. The van der Waals surface area contributed by atoms with E-state index in [0.29, 0.717) is 12.4 Å². The number of hydrogen-bond acceptors (Lipinski definition) is 5. The van der Waals surface area contributed by atoms with E-state index in [1.807, 2.05) is 31.2 Å². The fourth-order valence-electron chi connectivity index (χ4n) is 2.39. The topological polar surface area (TPSA) is 64.9 Å². The van der Waals surface area contributed by atoms with Crippen molar-refractivity contribution in [3.05, 3.63) is 65.7 Å². The normalized spacial score (nSPS) is 12.0. The molecule has 0 aliphatic carbocycles. The highest BCUT2D eigenvalue weighted by Gasteiger charge is 2.12. The lowest BCUT2D eigenvalue weighted by Gasteiger charge is -2.14. The minimum atomic E-state index is -0.311. The summed E-state index contributed by atoms with van der Waals surface area (Å²) in [7, 11) is 1.80. The Balaban J connectivity index is 1.64. The van der Waals surface area contributed by atoms with Gasteiger partial charge in [-0.2, -0.15) is 0 Å². The zero-order valence-electron chi connectivity index (χ0n) is 13.5. The fraction of sp³-hybridized carbons (Fsp3) is 0.235. The van der Waals surface area contributed by atoms with Crippen molar-refractivity contribution < 1.29 is 9.13 Å². The first kappa shape index (κ1) is 15.9. The highest BCUT2D eigenvalue weighted by atomic mass is 19.1. The molecule has 0 amide bonds. The number of rotatable bonds is 6. The highest BCUT2D eigenvalue weighted by molar-refractivity contribution is 5.46. The standard InChI is InChI=1S/C17H18FN5O/c1-12(17-20-21-22-23(17)2)19-15-7-3-5-13(9-15)11-24-16-8-4-6-14(18)10-16/h3-10,12,19H,11H2,1-2H3/t12-/m1/s1. The van der Waals surface area contributed by atoms with Crippen molar-refractivity contribution in [1.29, 1.82) is 0 Å². The second-order valence-corrected chi connectivity index (χ2v) is 5.47. The molecule has 0 saturated heterocycles. The minimum absolute atomic E-state index is 0.0376. The van der Waals surface area contributed by atoms with Crippen molar-refractivity contribution >= 4 is 5.69 Å². The summed E-state index contributed by atoms with van der Waals surface area (Å²) in [4.78, 5) is 0. The number of hydrogen-bond donors (Lipinski definition) is 1. The predicted octanol–water partition coefficient (Wildman–Crippen LogP) is 3.10. The molecule has 1 atom stereocenters. The van der Waals surface area contributed by atoms with E-state index in [2.05, 4.69) is 20.8 Å². The molecule has 6 nitrogen and oxygen atoms in total. The van der Waals surface area contributed by atoms with Gasteiger partial charge in [0.15, 0.2) is 5.82 Å². The summed E-state index contributed by atoms with van der Waals surface area (Å²) in [5.41, 5.74) is 1.92. The van der Waals surface area contributed by atoms with Gasteiger partial charge < -0.3 is 10.1 Å². The van der Waals surface area contributed by atoms with Crippen molar-refractivity contribution in [3.63, 3.8) is 0 Å². The number of ether oxygens (including phenoxy) is 1. The van der Waals surface area contributed by atoms with E-state index >= 15 is 0 Å². The van der Waals surface area contributed by atoms with Crippen LogP contribution in [0.2, 0.25) is 0 Å². The molecule has 0 saturated carbocycles. The summed E-state index contributed by atoms with van der Waals surface area (Å²) >= 11 is 0. The molecular weight excluding hydrogens is 309 g/mol. The van der Waals surface area contributed by atoms with E-state index in [1.54, 1.807) is 23.9 Å². The average Bonchev–Trinajstić information content (AvgIpc) is 3.00. The predicted molar refractivity (Wildman–Crippen MR) is 88.0 cm³/mol. The first-order valence-corrected chi connectivity index (χ1v) is 7.58. The number of nitrogens with zero attached hydrogens (tertiary/aromatic N) is 4. The number of benzene rings is 2. The van der Waals surface area contributed by atoms with E-state index in [4.69, 9.17) is 4.74 Å². The van der Waals surface area contributed by atoms with Crippen LogP contribution in [0, 0.1) is 5.82 Å². The molecule has 0 radical (unpaired) electrons. The van der Waals surface area contributed by atoms with Gasteiger partial charge >= 0.3 is 0 Å². The molecule has 1 N–H and O–H groups in total. The zero-order valence-corrected chi connectivity index (χ0v) is 13.5. The van der Waals surface area contributed by atoms with Crippen LogP contribution in [-0.2, 0) is 13.7 Å². The first-order valence-electron chi connectivity index (χ1n) is 7.58. The van der Waals surface area contributed by atoms with Gasteiger partial charge in [0, 0.05) is 18.8 Å². The summed E-state index contributed by atoms with van der Waals surface area (Å²) in [6.07, 6.45) is 0. The van der Waals surface area contributed by atoms with E-state index in [-0.39, 0.29) is 11.9 Å². The van der Waals surface area contributed by atoms with Gasteiger partial charge in [0.05, 0.1) is 6.04 Å². The quantitative estimate of drug-likeness (QED) is 0.753. The molecule has 0 spiro atoms. The summed E-state index contributed by atoms with van der Waals surface area (Å²) in [6, 6.07) is 13.9. The van der Waals surface area contributed by atoms with Gasteiger partial charge in [0.1, 0.15) is 18.2 Å². The monoisotopic (exact) mass is 327 g/mol. The SMILES string of the molecule is C[C@@H](Nc1cccc(COc2cccc(F)c2)c1)c1nnnn1C. The van der Waals surface area contributed by atoms with Crippen molar-refractivity contribution in [3.8, 4) is 5.75 Å². The Morgan fingerprint density at radius 1 is 1.21 bits per heavy atom. The van der Waals surface area contributed by atoms with Crippen molar-refractivity contribution in [2.75, 3.05) is 5.32 Å². The molecule has 3 rings (SSSR count). The Kier molecular flexibility index (Phi) is 4.69. The van der Waals surface area contributed by atoms with Gasteiger partial charge in [0.25, 0.3) is 0 Å². The maximum absolute atomic E-state index is 13.2. The maximum Gasteiger partial charge on any atom is 0.173 e. The number of anilines is 1. The molecule has 7 heteroatoms. The van der Waals surface area contributed by atoms with Gasteiger partial charge in [-0.15, -0.1) is 5.10 Å². The molecule has 0 aliphatic rings. The van der Waals surface area contributed by atoms with Gasteiger partial charge in [-0.3, -0.25) is 0 Å². The van der Waals surface area contributed by atoms with Crippen molar-refractivity contribution in [1.82, 2.24) is 20.2 Å². The number of nitrogens with one attached hydrogen (secondary N) is 1. The van der Waals surface area contributed by atoms with E-state index in [1.165, 1.54) is 12.1 Å². The number of tetrazole rings is 1. The van der Waals surface area contributed by atoms with Gasteiger partial charge in [-0.25, -0.2) is 9.07 Å². The highest BCUT2D eigenvalue weighted by Crippen LogP contribution is 2.19. The van der Waals surface area contributed by atoms with Crippen LogP contribution in [0.4, 0.5) is 10.1 Å². The third-order valence-corrected chi connectivity index (χ3v) is 3.55. The van der Waals surface area contributed by atoms with Crippen LogP contribution in [0.3, 0.4) is 0 Å². The van der Waals surface area contributed by atoms with Crippen LogP contribution < -0.4 is 10.1 Å². The Morgan fingerprint density at radius 3 is 2.79 bits per heavy atom. The van der Waals surface area contributed by atoms with Crippen molar-refractivity contribution in [2.24, 2.45) is 7.05 Å². The molecule has 2 aromatic carbocycles. The largest absolute Gasteiger partial charge is 0.489 e. The molecule has 3 aromatic rings. The van der Waals surface area contributed by atoms with Crippen molar-refractivity contribution in [2.45, 2.75) is 19.6 Å². The van der Waals surface area contributed by atoms with Gasteiger partial charge in [0.2, 0.25) is 0 Å². The Hall–Kier alpha value is -2.96. The van der Waals surface area contributed by atoms with Crippen LogP contribution >= 0.6 is 0 Å². The molecule has 0 fully saturated rings. The molecule has 1 heterocycles. The third kappa shape index (κ3) is 3.87. The summed E-state index contributed by atoms with van der Waals surface area (Å²) < 4.78 is 20.4. The Bertz CT molecular complexity index is 820. The van der Waals surface area contributed by atoms with Crippen LogP contribution in [-0.4, -0.2) is 20.2 Å². The van der Waals surface area contributed by atoms with E-state index < -0.39 is 0 Å². The number of aryl methyl sites for hydroxylation is 1. The lowest BCUT2D eigenvalue weighted by atomic mass is 10.2. The van der Waals surface area contributed by atoms with Crippen LogP contribution in [0.15, 0.2) is 48.5 Å². The average molecular weight is 327 g/mol. The second kappa shape index (κ2) is 7.08. The molecule has 124 valence electrons. The lowest BCUT2D eigenvalue weighted by molar-refractivity contribution is 0.304. The maximum atomic E-state index is 13.2. The molecule has 0 bridgehead atoms. The third-order valence-electron chi connectivity index (χ3n) is 3.55. The van der Waals surface area contributed by atoms with E-state index in [9.17, 15) is 4.39 Å². The number of halogens is 1. The Labute approximate surface area is 139 Å². The summed E-state index contributed by atoms with van der Waals surface area (Å²) in [6.45, 7) is 2.35.